The van der Waals surface area contributed by atoms with Gasteiger partial charge in [0.05, 0.1) is 0 Å². The van der Waals surface area contributed by atoms with Crippen molar-refractivity contribution in [2.75, 3.05) is 0 Å². The summed E-state index contributed by atoms with van der Waals surface area (Å²) in [6.07, 6.45) is 5.91. The first kappa shape index (κ1) is 9.01. The summed E-state index contributed by atoms with van der Waals surface area (Å²) in [6, 6.07) is 2.30. The van der Waals surface area contributed by atoms with E-state index in [0.29, 0.717) is 11.3 Å². The van der Waals surface area contributed by atoms with E-state index >= 15 is 0 Å². The Labute approximate surface area is 84.3 Å². The van der Waals surface area contributed by atoms with E-state index in [4.69, 9.17) is 0 Å². The predicted molar refractivity (Wildman–Crippen MR) is 60.2 cm³/mol. The van der Waals surface area contributed by atoms with Gasteiger partial charge in [0.1, 0.15) is 0 Å². The fourth-order valence-electron chi connectivity index (χ4n) is 2.37. The van der Waals surface area contributed by atoms with E-state index in [2.05, 4.69) is 44.4 Å². The van der Waals surface area contributed by atoms with Gasteiger partial charge in [-0.15, -0.1) is 11.3 Å². The van der Waals surface area contributed by atoms with Crippen LogP contribution < -0.4 is 0 Å². The standard InChI is InChI=1S/C12H16S/c1-4-12(9(2)3)7-5-11-10(12)6-8-13-11/h5-9H,4H2,1-3H3. The molecule has 70 valence electrons. The van der Waals surface area contributed by atoms with Gasteiger partial charge < -0.3 is 0 Å². The van der Waals surface area contributed by atoms with E-state index in [0.717, 1.165) is 0 Å². The third kappa shape index (κ3) is 1.10. The number of hydrogen-bond acceptors (Lipinski definition) is 1. The molecule has 1 aromatic rings. The van der Waals surface area contributed by atoms with Gasteiger partial charge in [-0.25, -0.2) is 0 Å². The molecule has 1 aliphatic rings. The summed E-state index contributed by atoms with van der Waals surface area (Å²) in [6.45, 7) is 6.93. The summed E-state index contributed by atoms with van der Waals surface area (Å²) in [4.78, 5) is 1.47. The summed E-state index contributed by atoms with van der Waals surface area (Å²) in [5.41, 5.74) is 1.88. The van der Waals surface area contributed by atoms with Gasteiger partial charge in [0.15, 0.2) is 0 Å². The van der Waals surface area contributed by atoms with Crippen LogP contribution in [0.2, 0.25) is 0 Å². The molecule has 1 heteroatoms. The minimum absolute atomic E-state index is 0.329. The van der Waals surface area contributed by atoms with Crippen molar-refractivity contribution in [1.82, 2.24) is 0 Å². The van der Waals surface area contributed by atoms with Gasteiger partial charge in [-0.1, -0.05) is 26.8 Å². The van der Waals surface area contributed by atoms with E-state index in [9.17, 15) is 0 Å². The predicted octanol–water partition coefficient (Wildman–Crippen LogP) is 4.08. The van der Waals surface area contributed by atoms with Crippen LogP contribution in [0.15, 0.2) is 17.5 Å². The maximum Gasteiger partial charge on any atom is 0.0308 e. The van der Waals surface area contributed by atoms with Crippen molar-refractivity contribution in [3.63, 3.8) is 0 Å². The second-order valence-electron chi connectivity index (χ2n) is 4.08. The maximum atomic E-state index is 2.40. The van der Waals surface area contributed by atoms with Crippen molar-refractivity contribution in [2.45, 2.75) is 32.6 Å². The highest BCUT2D eigenvalue weighted by Gasteiger charge is 2.36. The molecule has 0 spiro atoms. The van der Waals surface area contributed by atoms with Gasteiger partial charge in [0.2, 0.25) is 0 Å². The molecule has 0 saturated heterocycles. The van der Waals surface area contributed by atoms with Crippen molar-refractivity contribution < 1.29 is 0 Å². The van der Waals surface area contributed by atoms with Gasteiger partial charge in [-0.05, 0) is 35.4 Å². The molecule has 13 heavy (non-hydrogen) atoms. The molecular formula is C12H16S. The van der Waals surface area contributed by atoms with Crippen LogP contribution in [-0.4, -0.2) is 0 Å². The zero-order valence-corrected chi connectivity index (χ0v) is 9.32. The number of fused-ring (bicyclic) bond motifs is 1. The Bertz CT molecular complexity index is 333. The zero-order valence-electron chi connectivity index (χ0n) is 8.50. The topological polar surface area (TPSA) is 0 Å². The summed E-state index contributed by atoms with van der Waals surface area (Å²) < 4.78 is 0. The minimum atomic E-state index is 0.329. The second kappa shape index (κ2) is 2.98. The molecule has 0 aromatic carbocycles. The highest BCUT2D eigenvalue weighted by atomic mass is 32.1. The van der Waals surface area contributed by atoms with Gasteiger partial charge >= 0.3 is 0 Å². The van der Waals surface area contributed by atoms with Crippen molar-refractivity contribution >= 4 is 17.4 Å². The number of thiophene rings is 1. The summed E-state index contributed by atoms with van der Waals surface area (Å²) in [5, 5.41) is 2.21. The molecule has 1 atom stereocenters. The van der Waals surface area contributed by atoms with Crippen LogP contribution in [0.25, 0.3) is 6.08 Å². The first-order valence-corrected chi connectivity index (χ1v) is 5.86. The Morgan fingerprint density at radius 3 is 2.85 bits per heavy atom. The fourth-order valence-corrected chi connectivity index (χ4v) is 3.25. The average Bonchev–Trinajstić information content (AvgIpc) is 2.62. The van der Waals surface area contributed by atoms with Crippen molar-refractivity contribution in [2.24, 2.45) is 5.92 Å². The number of hydrogen-bond donors (Lipinski definition) is 0. The average molecular weight is 192 g/mol. The molecule has 1 heterocycles. The smallest absolute Gasteiger partial charge is 0.0308 e. The molecule has 0 fully saturated rings. The molecule has 1 aliphatic carbocycles. The van der Waals surface area contributed by atoms with Crippen molar-refractivity contribution in [1.29, 1.82) is 0 Å². The molecule has 0 saturated carbocycles. The number of allylic oxidation sites excluding steroid dienone is 1. The highest BCUT2D eigenvalue weighted by Crippen LogP contribution is 2.45. The van der Waals surface area contributed by atoms with Crippen LogP contribution in [0.1, 0.15) is 37.6 Å². The summed E-state index contributed by atoms with van der Waals surface area (Å²) in [7, 11) is 0. The second-order valence-corrected chi connectivity index (χ2v) is 5.03. The van der Waals surface area contributed by atoms with Gasteiger partial charge in [0, 0.05) is 10.3 Å². The molecule has 0 radical (unpaired) electrons. The van der Waals surface area contributed by atoms with Gasteiger partial charge in [-0.3, -0.25) is 0 Å². The van der Waals surface area contributed by atoms with E-state index in [1.54, 1.807) is 5.56 Å². The van der Waals surface area contributed by atoms with Crippen LogP contribution in [0.3, 0.4) is 0 Å². The minimum Gasteiger partial charge on any atom is -0.144 e. The van der Waals surface area contributed by atoms with E-state index in [-0.39, 0.29) is 0 Å². The third-order valence-corrected chi connectivity index (χ3v) is 4.23. The lowest BCUT2D eigenvalue weighted by atomic mass is 9.72. The molecule has 1 aromatic heterocycles. The molecular weight excluding hydrogens is 176 g/mol. The lowest BCUT2D eigenvalue weighted by Crippen LogP contribution is -2.27. The Kier molecular flexibility index (Phi) is 2.07. The number of rotatable bonds is 2. The molecule has 1 unspecified atom stereocenters. The molecule has 0 N–H and O–H groups in total. The monoisotopic (exact) mass is 192 g/mol. The lowest BCUT2D eigenvalue weighted by molar-refractivity contribution is 0.379. The maximum absolute atomic E-state index is 2.40. The van der Waals surface area contributed by atoms with Crippen molar-refractivity contribution in [3.05, 3.63) is 28.0 Å². The summed E-state index contributed by atoms with van der Waals surface area (Å²) in [5.74, 6) is 0.699. The third-order valence-electron chi connectivity index (χ3n) is 3.34. The normalized spacial score (nSPS) is 25.5. The quantitative estimate of drug-likeness (QED) is 0.662. The van der Waals surface area contributed by atoms with E-state index in [1.165, 1.54) is 11.3 Å². The van der Waals surface area contributed by atoms with Gasteiger partial charge in [-0.2, -0.15) is 0 Å². The highest BCUT2D eigenvalue weighted by molar-refractivity contribution is 7.11. The molecule has 0 bridgehead atoms. The Morgan fingerprint density at radius 1 is 1.46 bits per heavy atom. The van der Waals surface area contributed by atoms with Crippen LogP contribution in [-0.2, 0) is 5.41 Å². The lowest BCUT2D eigenvalue weighted by Gasteiger charge is -2.31. The van der Waals surface area contributed by atoms with E-state index in [1.807, 2.05) is 11.3 Å². The molecule has 0 aliphatic heterocycles. The Balaban J connectivity index is 2.52. The summed E-state index contributed by atoms with van der Waals surface area (Å²) >= 11 is 1.86. The molecule has 0 amide bonds. The Morgan fingerprint density at radius 2 is 2.23 bits per heavy atom. The van der Waals surface area contributed by atoms with E-state index < -0.39 is 0 Å². The fraction of sp³-hybridized carbons (Fsp3) is 0.500. The van der Waals surface area contributed by atoms with Crippen LogP contribution in [0.5, 0.6) is 0 Å². The SMILES string of the molecule is CCC1(C(C)C)C=Cc2sccc21. The van der Waals surface area contributed by atoms with Crippen LogP contribution in [0.4, 0.5) is 0 Å². The van der Waals surface area contributed by atoms with Crippen LogP contribution in [0, 0.1) is 5.92 Å². The first-order chi connectivity index (χ1) is 6.20. The molecule has 2 rings (SSSR count). The molecule has 0 nitrogen and oxygen atoms in total. The van der Waals surface area contributed by atoms with Crippen LogP contribution >= 0.6 is 11.3 Å². The largest absolute Gasteiger partial charge is 0.144 e. The zero-order chi connectivity index (χ0) is 9.47. The first-order valence-electron chi connectivity index (χ1n) is 4.98. The Hall–Kier alpha value is -0.560. The van der Waals surface area contributed by atoms with Gasteiger partial charge in [0.25, 0.3) is 0 Å². The van der Waals surface area contributed by atoms with Crippen molar-refractivity contribution in [3.8, 4) is 0 Å².